The van der Waals surface area contributed by atoms with E-state index in [9.17, 15) is 0 Å². The third-order valence-electron chi connectivity index (χ3n) is 6.21. The van der Waals surface area contributed by atoms with E-state index in [4.69, 9.17) is 0 Å². The predicted molar refractivity (Wildman–Crippen MR) is 149 cm³/mol. The fraction of sp³-hybridized carbons (Fsp3) is 0. The van der Waals surface area contributed by atoms with Crippen LogP contribution >= 0.6 is 34.0 Å². The van der Waals surface area contributed by atoms with E-state index in [0.717, 1.165) is 0 Å². The summed E-state index contributed by atoms with van der Waals surface area (Å²) in [7, 11) is 0. The Morgan fingerprint density at radius 1 is 0.424 bits per heavy atom. The van der Waals surface area contributed by atoms with Gasteiger partial charge < -0.3 is 0 Å². The third-order valence-corrected chi connectivity index (χ3v) is 9.63. The van der Waals surface area contributed by atoms with Gasteiger partial charge in [0.15, 0.2) is 0 Å². The summed E-state index contributed by atoms with van der Waals surface area (Å²) >= 11 is 5.63. The molecule has 33 heavy (non-hydrogen) atoms. The molecular formula is C30H18S3. The standard InChI is InChI=1S/C30H18S3/c1-2-5-19(6-3-1)22-12-14-24-27(17-22)32-30-25-15-13-23(18-28(25)33-29(24)30)20-8-10-21(11-9-20)26-7-4-16-31-26/h1-18H. The monoisotopic (exact) mass is 474 g/mol. The number of rotatable bonds is 3. The predicted octanol–water partition coefficient (Wildman–Crippen LogP) is 10.3. The van der Waals surface area contributed by atoms with Gasteiger partial charge in [-0.2, -0.15) is 0 Å². The van der Waals surface area contributed by atoms with Crippen LogP contribution in [-0.4, -0.2) is 0 Å². The number of fused-ring (bicyclic) bond motifs is 5. The first-order chi connectivity index (χ1) is 16.3. The molecule has 156 valence electrons. The lowest BCUT2D eigenvalue weighted by Crippen LogP contribution is -1.78. The van der Waals surface area contributed by atoms with E-state index in [2.05, 4.69) is 109 Å². The van der Waals surface area contributed by atoms with Gasteiger partial charge in [0.25, 0.3) is 0 Å². The Bertz CT molecular complexity index is 1730. The van der Waals surface area contributed by atoms with Crippen molar-refractivity contribution in [3.63, 3.8) is 0 Å². The molecular weight excluding hydrogens is 457 g/mol. The van der Waals surface area contributed by atoms with Gasteiger partial charge in [-0.3, -0.25) is 0 Å². The molecule has 3 heterocycles. The Labute approximate surface area is 204 Å². The van der Waals surface area contributed by atoms with E-state index < -0.39 is 0 Å². The van der Waals surface area contributed by atoms with Gasteiger partial charge in [0.05, 0.1) is 9.40 Å². The third kappa shape index (κ3) is 3.24. The van der Waals surface area contributed by atoms with Crippen molar-refractivity contribution in [1.82, 2.24) is 0 Å². The Hall–Kier alpha value is -3.24. The average Bonchev–Trinajstić information content (AvgIpc) is 3.60. The van der Waals surface area contributed by atoms with Crippen LogP contribution in [0.5, 0.6) is 0 Å². The molecule has 0 spiro atoms. The number of hydrogen-bond acceptors (Lipinski definition) is 3. The van der Waals surface area contributed by atoms with Crippen molar-refractivity contribution in [3.05, 3.63) is 109 Å². The number of thiophene rings is 3. The summed E-state index contributed by atoms with van der Waals surface area (Å²) in [5.41, 5.74) is 6.40. The molecule has 3 aromatic heterocycles. The lowest BCUT2D eigenvalue weighted by molar-refractivity contribution is 1.65. The first-order valence-electron chi connectivity index (χ1n) is 10.9. The molecule has 0 fully saturated rings. The van der Waals surface area contributed by atoms with E-state index in [-0.39, 0.29) is 0 Å². The maximum atomic E-state index is 2.36. The second-order valence-corrected chi connectivity index (χ2v) is 11.3. The Morgan fingerprint density at radius 2 is 0.970 bits per heavy atom. The second-order valence-electron chi connectivity index (χ2n) is 8.20. The molecule has 4 aromatic carbocycles. The van der Waals surface area contributed by atoms with Crippen LogP contribution in [0.15, 0.2) is 109 Å². The van der Waals surface area contributed by atoms with Crippen LogP contribution in [0.1, 0.15) is 0 Å². The summed E-state index contributed by atoms with van der Waals surface area (Å²) in [6.07, 6.45) is 0. The molecule has 0 atom stereocenters. The molecule has 0 aliphatic rings. The van der Waals surface area contributed by atoms with E-state index >= 15 is 0 Å². The molecule has 0 bridgehead atoms. The molecule has 0 N–H and O–H groups in total. The highest BCUT2D eigenvalue weighted by Crippen LogP contribution is 2.46. The first kappa shape index (κ1) is 19.2. The lowest BCUT2D eigenvalue weighted by atomic mass is 10.0. The van der Waals surface area contributed by atoms with Gasteiger partial charge in [0, 0.05) is 25.0 Å². The Kier molecular flexibility index (Phi) is 4.47. The van der Waals surface area contributed by atoms with Crippen LogP contribution in [0, 0.1) is 0 Å². The summed E-state index contributed by atoms with van der Waals surface area (Å²) in [6, 6.07) is 37.7. The van der Waals surface area contributed by atoms with Gasteiger partial charge in [-0.05, 0) is 51.4 Å². The van der Waals surface area contributed by atoms with Gasteiger partial charge in [-0.25, -0.2) is 0 Å². The number of hydrogen-bond donors (Lipinski definition) is 0. The molecule has 0 nitrogen and oxygen atoms in total. The molecule has 0 aliphatic carbocycles. The SMILES string of the molecule is c1ccc(-c2ccc3c(c2)sc2c4ccc(-c5ccc(-c6cccs6)cc5)cc4sc32)cc1. The van der Waals surface area contributed by atoms with Crippen molar-refractivity contribution < 1.29 is 0 Å². The molecule has 0 saturated heterocycles. The highest BCUT2D eigenvalue weighted by Gasteiger charge is 2.14. The lowest BCUT2D eigenvalue weighted by Gasteiger charge is -2.04. The Balaban J connectivity index is 1.30. The normalized spacial score (nSPS) is 11.6. The summed E-state index contributed by atoms with van der Waals surface area (Å²) in [5, 5.41) is 4.88. The molecule has 3 heteroatoms. The molecule has 0 amide bonds. The quantitative estimate of drug-likeness (QED) is 0.239. The summed E-state index contributed by atoms with van der Waals surface area (Å²) in [5.74, 6) is 0. The van der Waals surface area contributed by atoms with Crippen LogP contribution in [0.3, 0.4) is 0 Å². The van der Waals surface area contributed by atoms with Crippen molar-refractivity contribution in [2.75, 3.05) is 0 Å². The van der Waals surface area contributed by atoms with Crippen molar-refractivity contribution in [3.8, 4) is 32.7 Å². The van der Waals surface area contributed by atoms with Crippen molar-refractivity contribution in [2.24, 2.45) is 0 Å². The Morgan fingerprint density at radius 3 is 1.55 bits per heavy atom. The fourth-order valence-corrected chi connectivity index (χ4v) is 7.98. The molecule has 0 saturated carbocycles. The fourth-order valence-electron chi connectivity index (χ4n) is 4.52. The van der Waals surface area contributed by atoms with Crippen LogP contribution in [-0.2, 0) is 0 Å². The maximum Gasteiger partial charge on any atom is 0.0542 e. The topological polar surface area (TPSA) is 0 Å². The largest absolute Gasteiger partial charge is 0.144 e. The maximum absolute atomic E-state index is 2.36. The van der Waals surface area contributed by atoms with Gasteiger partial charge in [0.1, 0.15) is 0 Å². The van der Waals surface area contributed by atoms with Crippen LogP contribution in [0.4, 0.5) is 0 Å². The highest BCUT2D eigenvalue weighted by atomic mass is 32.1. The van der Waals surface area contributed by atoms with Gasteiger partial charge in [-0.1, -0.05) is 84.9 Å². The summed E-state index contributed by atoms with van der Waals surface area (Å²) in [6.45, 7) is 0. The van der Waals surface area contributed by atoms with E-state index in [1.807, 2.05) is 22.7 Å². The molecule has 7 rings (SSSR count). The van der Waals surface area contributed by atoms with Gasteiger partial charge >= 0.3 is 0 Å². The van der Waals surface area contributed by atoms with Crippen LogP contribution in [0.25, 0.3) is 62.3 Å². The zero-order valence-electron chi connectivity index (χ0n) is 17.6. The van der Waals surface area contributed by atoms with Crippen LogP contribution < -0.4 is 0 Å². The van der Waals surface area contributed by atoms with Gasteiger partial charge in [-0.15, -0.1) is 34.0 Å². The summed E-state index contributed by atoms with van der Waals surface area (Å²) < 4.78 is 5.56. The minimum Gasteiger partial charge on any atom is -0.144 e. The van der Waals surface area contributed by atoms with Crippen molar-refractivity contribution in [2.45, 2.75) is 0 Å². The second kappa shape index (κ2) is 7.67. The summed E-state index contributed by atoms with van der Waals surface area (Å²) in [4.78, 5) is 1.32. The minimum absolute atomic E-state index is 1.27. The highest BCUT2D eigenvalue weighted by molar-refractivity contribution is 7.36. The van der Waals surface area contributed by atoms with E-state index in [1.54, 1.807) is 11.3 Å². The zero-order chi connectivity index (χ0) is 21.8. The molecule has 7 aromatic rings. The zero-order valence-corrected chi connectivity index (χ0v) is 20.1. The molecule has 0 radical (unpaired) electrons. The average molecular weight is 475 g/mol. The van der Waals surface area contributed by atoms with E-state index in [1.165, 1.54) is 62.3 Å². The van der Waals surface area contributed by atoms with Crippen molar-refractivity contribution in [1.29, 1.82) is 0 Å². The first-order valence-corrected chi connectivity index (χ1v) is 13.4. The van der Waals surface area contributed by atoms with Crippen molar-refractivity contribution >= 4 is 63.6 Å². The number of benzene rings is 4. The van der Waals surface area contributed by atoms with Gasteiger partial charge in [0.2, 0.25) is 0 Å². The smallest absolute Gasteiger partial charge is 0.0542 e. The molecule has 0 unspecified atom stereocenters. The molecule has 0 aliphatic heterocycles. The minimum atomic E-state index is 1.27. The van der Waals surface area contributed by atoms with Crippen LogP contribution in [0.2, 0.25) is 0 Å². The van der Waals surface area contributed by atoms with E-state index in [0.29, 0.717) is 0 Å².